The third-order valence-electron chi connectivity index (χ3n) is 3.89. The van der Waals surface area contributed by atoms with Crippen molar-refractivity contribution in [2.45, 2.75) is 19.3 Å². The second-order valence-corrected chi connectivity index (χ2v) is 5.71. The summed E-state index contributed by atoms with van der Waals surface area (Å²) in [7, 11) is 0. The first kappa shape index (κ1) is 18.9. The van der Waals surface area contributed by atoms with Crippen LogP contribution in [0, 0.1) is 46.1 Å². The van der Waals surface area contributed by atoms with Gasteiger partial charge in [0, 0.05) is 28.7 Å². The minimum Gasteiger partial charge on any atom is -0.388 e. The third-order valence-corrected chi connectivity index (χ3v) is 3.89. The first-order chi connectivity index (χ1) is 13.0. The molecule has 0 aliphatic heterocycles. The molecule has 0 heterocycles. The van der Waals surface area contributed by atoms with Crippen LogP contribution >= 0.6 is 0 Å². The van der Waals surface area contributed by atoms with Gasteiger partial charge in [-0.1, -0.05) is 26.0 Å². The van der Waals surface area contributed by atoms with Gasteiger partial charge < -0.3 is 18.9 Å². The number of nitriles is 4. The van der Waals surface area contributed by atoms with Crippen LogP contribution in [-0.2, 0) is 5.41 Å². The first-order valence-electron chi connectivity index (χ1n) is 7.50. The largest absolute Gasteiger partial charge is 0.388 e. The lowest BCUT2D eigenvalue weighted by atomic mass is 9.77. The van der Waals surface area contributed by atoms with Crippen LogP contribution in [0.2, 0.25) is 0 Å². The molecule has 132 valence electrons. The Bertz CT molecular complexity index is 938. The van der Waals surface area contributed by atoms with Crippen LogP contribution in [-0.4, -0.2) is 0 Å². The molecule has 2 aromatic rings. The van der Waals surface area contributed by atoms with Gasteiger partial charge in [0.25, 0.3) is 25.0 Å². The molecule has 0 atom stereocenters. The Hall–Kier alpha value is -4.40. The van der Waals surface area contributed by atoms with E-state index in [-0.39, 0.29) is 23.0 Å². The van der Waals surface area contributed by atoms with Gasteiger partial charge in [0.15, 0.2) is 0 Å². The quantitative estimate of drug-likeness (QED) is 0.715. The van der Waals surface area contributed by atoms with Crippen molar-refractivity contribution in [2.75, 3.05) is 0 Å². The number of benzene rings is 2. The molecule has 2 aromatic carbocycles. The smallest absolute Gasteiger partial charge is 0.292 e. The predicted molar refractivity (Wildman–Crippen MR) is 90.0 cm³/mol. The molecular formula is C19H12N4O4. The SMILES string of the molecule is CC(C)(c1ccc(OC#N)cc1OC#N)c1ccc(OC#N)cc1OC#N. The number of nitrogens with zero attached hydrogens (tertiary/aromatic N) is 4. The zero-order valence-electron chi connectivity index (χ0n) is 14.4. The van der Waals surface area contributed by atoms with Crippen LogP contribution in [0.5, 0.6) is 23.0 Å². The Kier molecular flexibility index (Phi) is 5.69. The average molecular weight is 360 g/mol. The zero-order chi connectivity index (χ0) is 19.9. The molecule has 0 radical (unpaired) electrons. The summed E-state index contributed by atoms with van der Waals surface area (Å²) in [6.07, 6.45) is 6.31. The van der Waals surface area contributed by atoms with Gasteiger partial charge in [-0.05, 0) is 12.1 Å². The highest BCUT2D eigenvalue weighted by molar-refractivity contribution is 5.55. The Balaban J connectivity index is 2.62. The van der Waals surface area contributed by atoms with Gasteiger partial charge >= 0.3 is 0 Å². The van der Waals surface area contributed by atoms with Gasteiger partial charge in [-0.15, -0.1) is 21.0 Å². The molecule has 0 spiro atoms. The molecule has 27 heavy (non-hydrogen) atoms. The van der Waals surface area contributed by atoms with Crippen molar-refractivity contribution in [2.24, 2.45) is 0 Å². The van der Waals surface area contributed by atoms with Gasteiger partial charge in [0.1, 0.15) is 23.0 Å². The normalized spacial score (nSPS) is 9.70. The second kappa shape index (κ2) is 8.12. The van der Waals surface area contributed by atoms with Gasteiger partial charge in [0.2, 0.25) is 0 Å². The zero-order valence-corrected chi connectivity index (χ0v) is 14.4. The van der Waals surface area contributed by atoms with Gasteiger partial charge in [-0.3, -0.25) is 0 Å². The molecule has 0 aromatic heterocycles. The summed E-state index contributed by atoms with van der Waals surface area (Å²) in [5.41, 5.74) is 0.395. The van der Waals surface area contributed by atoms with Crippen LogP contribution < -0.4 is 18.9 Å². The molecule has 0 fully saturated rings. The van der Waals surface area contributed by atoms with E-state index in [9.17, 15) is 0 Å². The van der Waals surface area contributed by atoms with E-state index in [1.165, 1.54) is 12.1 Å². The minimum atomic E-state index is -0.783. The van der Waals surface area contributed by atoms with E-state index in [2.05, 4.69) is 0 Å². The number of hydrogen-bond acceptors (Lipinski definition) is 8. The molecule has 0 bridgehead atoms. The number of hydrogen-bond donors (Lipinski definition) is 0. The highest BCUT2D eigenvalue weighted by Crippen LogP contribution is 2.43. The highest BCUT2D eigenvalue weighted by Gasteiger charge is 2.31. The highest BCUT2D eigenvalue weighted by atomic mass is 16.5. The summed E-state index contributed by atoms with van der Waals surface area (Å²) in [5.74, 6) is 0.813. The van der Waals surface area contributed by atoms with Crippen LogP contribution in [0.1, 0.15) is 25.0 Å². The Labute approximate surface area is 155 Å². The summed E-state index contributed by atoms with van der Waals surface area (Å²) in [6, 6.07) is 9.25. The van der Waals surface area contributed by atoms with Crippen LogP contribution in [0.4, 0.5) is 0 Å². The number of rotatable bonds is 6. The fraction of sp³-hybridized carbons (Fsp3) is 0.158. The summed E-state index contributed by atoms with van der Waals surface area (Å²) >= 11 is 0. The molecule has 0 aliphatic carbocycles. The molecule has 2 rings (SSSR count). The summed E-state index contributed by atoms with van der Waals surface area (Å²) in [6.45, 7) is 3.67. The van der Waals surface area contributed by atoms with Crippen molar-refractivity contribution in [3.8, 4) is 48.0 Å². The minimum absolute atomic E-state index is 0.190. The van der Waals surface area contributed by atoms with Crippen molar-refractivity contribution in [3.63, 3.8) is 0 Å². The fourth-order valence-electron chi connectivity index (χ4n) is 2.68. The molecule has 0 unspecified atom stereocenters. The van der Waals surface area contributed by atoms with Crippen molar-refractivity contribution in [1.29, 1.82) is 21.0 Å². The summed E-state index contributed by atoms with van der Waals surface area (Å²) in [5, 5.41) is 35.2. The molecule has 0 saturated carbocycles. The average Bonchev–Trinajstić information content (AvgIpc) is 2.63. The second-order valence-electron chi connectivity index (χ2n) is 5.71. The lowest BCUT2D eigenvalue weighted by molar-refractivity contribution is 0.452. The van der Waals surface area contributed by atoms with E-state index in [1.807, 2.05) is 13.8 Å². The Morgan fingerprint density at radius 2 is 1.00 bits per heavy atom. The van der Waals surface area contributed by atoms with Crippen molar-refractivity contribution in [1.82, 2.24) is 0 Å². The van der Waals surface area contributed by atoms with E-state index in [0.29, 0.717) is 11.1 Å². The predicted octanol–water partition coefficient (Wildman–Crippen LogP) is 3.45. The van der Waals surface area contributed by atoms with Crippen LogP contribution in [0.3, 0.4) is 0 Å². The molecule has 0 saturated heterocycles. The topological polar surface area (TPSA) is 132 Å². The number of ether oxygens (including phenoxy) is 4. The first-order valence-corrected chi connectivity index (χ1v) is 7.50. The van der Waals surface area contributed by atoms with Crippen LogP contribution in [0.25, 0.3) is 0 Å². The Morgan fingerprint density at radius 1 is 0.630 bits per heavy atom. The summed E-state index contributed by atoms with van der Waals surface area (Å²) in [4.78, 5) is 0. The molecule has 0 aliphatic rings. The van der Waals surface area contributed by atoms with Crippen molar-refractivity contribution < 1.29 is 18.9 Å². The molecule has 0 N–H and O–H groups in total. The Morgan fingerprint density at radius 3 is 1.33 bits per heavy atom. The van der Waals surface area contributed by atoms with Crippen molar-refractivity contribution in [3.05, 3.63) is 47.5 Å². The molecule has 0 amide bonds. The lowest BCUT2D eigenvalue weighted by Crippen LogP contribution is -2.21. The van der Waals surface area contributed by atoms with Crippen molar-refractivity contribution >= 4 is 0 Å². The summed E-state index contributed by atoms with van der Waals surface area (Å²) < 4.78 is 19.6. The lowest BCUT2D eigenvalue weighted by Gasteiger charge is -2.28. The van der Waals surface area contributed by atoms with Gasteiger partial charge in [-0.25, -0.2) is 0 Å². The maximum Gasteiger partial charge on any atom is 0.292 e. The standard InChI is InChI=1S/C19H12N4O4/c1-19(2,15-5-3-13(24-9-20)7-17(15)26-11-22)16-6-4-14(25-10-21)8-18(16)27-12-23/h3-8H,1-2H3. The molecule has 8 nitrogen and oxygen atoms in total. The monoisotopic (exact) mass is 360 g/mol. The third kappa shape index (κ3) is 3.99. The van der Waals surface area contributed by atoms with E-state index < -0.39 is 5.41 Å². The van der Waals surface area contributed by atoms with Crippen LogP contribution in [0.15, 0.2) is 36.4 Å². The maximum atomic E-state index is 8.94. The van der Waals surface area contributed by atoms with Gasteiger partial charge in [-0.2, -0.15) is 0 Å². The van der Waals surface area contributed by atoms with E-state index in [1.54, 1.807) is 49.3 Å². The fourth-order valence-corrected chi connectivity index (χ4v) is 2.68. The van der Waals surface area contributed by atoms with E-state index in [0.717, 1.165) is 0 Å². The molecular weight excluding hydrogens is 348 g/mol. The molecule has 8 heteroatoms. The maximum absolute atomic E-state index is 8.94. The van der Waals surface area contributed by atoms with E-state index >= 15 is 0 Å². The van der Waals surface area contributed by atoms with E-state index in [4.69, 9.17) is 40.0 Å². The van der Waals surface area contributed by atoms with Gasteiger partial charge in [0.05, 0.1) is 0 Å².